The van der Waals surface area contributed by atoms with Crippen molar-refractivity contribution in [3.05, 3.63) is 36.1 Å². The van der Waals surface area contributed by atoms with Gasteiger partial charge in [-0.1, -0.05) is 24.3 Å². The number of rotatable bonds is 3. The first-order valence-corrected chi connectivity index (χ1v) is 3.66. The third-order valence-electron chi connectivity index (χ3n) is 1.14. The highest BCUT2D eigenvalue weighted by molar-refractivity contribution is 5.67. The van der Waals surface area contributed by atoms with Crippen LogP contribution in [0.2, 0.25) is 0 Å². The summed E-state index contributed by atoms with van der Waals surface area (Å²) in [5, 5.41) is 10.6. The third-order valence-corrected chi connectivity index (χ3v) is 1.14. The molecular formula is C9H13NO2. The Kier molecular flexibility index (Phi) is 5.43. The summed E-state index contributed by atoms with van der Waals surface area (Å²) >= 11 is 0. The minimum atomic E-state index is -1.05. The number of allylic oxidation sites excluding steroid dienone is 5. The van der Waals surface area contributed by atoms with Gasteiger partial charge in [-0.05, 0) is 19.9 Å². The first kappa shape index (κ1) is 10.5. The van der Waals surface area contributed by atoms with Gasteiger partial charge in [0, 0.05) is 5.70 Å². The van der Waals surface area contributed by atoms with E-state index < -0.39 is 6.09 Å². The van der Waals surface area contributed by atoms with Gasteiger partial charge < -0.3 is 5.11 Å². The molecule has 0 aliphatic rings. The van der Waals surface area contributed by atoms with Crippen molar-refractivity contribution in [1.29, 1.82) is 0 Å². The van der Waals surface area contributed by atoms with Gasteiger partial charge in [-0.15, -0.1) is 0 Å². The van der Waals surface area contributed by atoms with Crippen LogP contribution in [0.3, 0.4) is 0 Å². The van der Waals surface area contributed by atoms with Crippen molar-refractivity contribution in [2.24, 2.45) is 0 Å². The van der Waals surface area contributed by atoms with Crippen molar-refractivity contribution >= 4 is 6.09 Å². The fraction of sp³-hybridized carbons (Fsp3) is 0.222. The largest absolute Gasteiger partial charge is 0.465 e. The van der Waals surface area contributed by atoms with Crippen molar-refractivity contribution in [2.45, 2.75) is 13.8 Å². The van der Waals surface area contributed by atoms with E-state index in [0.717, 1.165) is 0 Å². The molecule has 0 saturated carbocycles. The quantitative estimate of drug-likeness (QED) is 0.633. The highest BCUT2D eigenvalue weighted by Gasteiger charge is 1.93. The van der Waals surface area contributed by atoms with E-state index in [1.165, 1.54) is 0 Å². The van der Waals surface area contributed by atoms with Crippen LogP contribution in [0.4, 0.5) is 4.79 Å². The summed E-state index contributed by atoms with van der Waals surface area (Å²) in [5.74, 6) is 0. The minimum Gasteiger partial charge on any atom is -0.465 e. The third kappa shape index (κ3) is 5.29. The average Bonchev–Trinajstić information content (AvgIpc) is 2.02. The van der Waals surface area contributed by atoms with Crippen molar-refractivity contribution in [2.75, 3.05) is 0 Å². The Hall–Kier alpha value is -1.51. The number of amides is 1. The molecule has 0 aliphatic carbocycles. The van der Waals surface area contributed by atoms with Crippen LogP contribution in [-0.4, -0.2) is 11.2 Å². The van der Waals surface area contributed by atoms with Gasteiger partial charge in [0.25, 0.3) is 0 Å². The van der Waals surface area contributed by atoms with Gasteiger partial charge in [0.1, 0.15) is 0 Å². The van der Waals surface area contributed by atoms with Gasteiger partial charge in [0.15, 0.2) is 0 Å². The minimum absolute atomic E-state index is 0.570. The Bertz CT molecular complexity index is 227. The normalized spacial score (nSPS) is 12.7. The van der Waals surface area contributed by atoms with E-state index in [4.69, 9.17) is 5.11 Å². The lowest BCUT2D eigenvalue weighted by Gasteiger charge is -1.98. The van der Waals surface area contributed by atoms with Crippen molar-refractivity contribution in [3.63, 3.8) is 0 Å². The number of nitrogens with one attached hydrogen (secondary N) is 1. The number of carbonyl (C=O) groups is 1. The monoisotopic (exact) mass is 167 g/mol. The molecule has 0 atom stereocenters. The molecule has 0 unspecified atom stereocenters. The second kappa shape index (κ2) is 6.22. The Morgan fingerprint density at radius 2 is 2.00 bits per heavy atom. The summed E-state index contributed by atoms with van der Waals surface area (Å²) in [4.78, 5) is 10.2. The topological polar surface area (TPSA) is 49.3 Å². The highest BCUT2D eigenvalue weighted by atomic mass is 16.4. The van der Waals surface area contributed by atoms with Crippen LogP contribution in [-0.2, 0) is 0 Å². The molecule has 0 aromatic heterocycles. The molecule has 3 heteroatoms. The molecule has 1 amide bonds. The summed E-state index contributed by atoms with van der Waals surface area (Å²) in [5.41, 5.74) is 0.570. The zero-order chi connectivity index (χ0) is 9.40. The number of hydrogen-bond acceptors (Lipinski definition) is 1. The predicted molar refractivity (Wildman–Crippen MR) is 48.9 cm³/mol. The van der Waals surface area contributed by atoms with E-state index in [1.54, 1.807) is 25.2 Å². The Morgan fingerprint density at radius 3 is 2.42 bits per heavy atom. The molecule has 0 aromatic rings. The van der Waals surface area contributed by atoms with Crippen molar-refractivity contribution in [3.8, 4) is 0 Å². The Balaban J connectivity index is 4.10. The lowest BCUT2D eigenvalue weighted by molar-refractivity contribution is 0.198. The van der Waals surface area contributed by atoms with E-state index in [9.17, 15) is 4.79 Å². The van der Waals surface area contributed by atoms with E-state index in [2.05, 4.69) is 5.32 Å². The molecule has 2 N–H and O–H groups in total. The van der Waals surface area contributed by atoms with Gasteiger partial charge >= 0.3 is 6.09 Å². The maximum atomic E-state index is 10.2. The molecule has 0 heterocycles. The summed E-state index contributed by atoms with van der Waals surface area (Å²) in [7, 11) is 0. The maximum absolute atomic E-state index is 10.2. The van der Waals surface area contributed by atoms with Crippen LogP contribution >= 0.6 is 0 Å². The first-order chi connectivity index (χ1) is 5.70. The average molecular weight is 167 g/mol. The molecule has 0 rings (SSSR count). The Labute approximate surface area is 72.1 Å². The van der Waals surface area contributed by atoms with Gasteiger partial charge in [-0.25, -0.2) is 4.79 Å². The zero-order valence-electron chi connectivity index (χ0n) is 7.24. The van der Waals surface area contributed by atoms with Crippen molar-refractivity contribution in [1.82, 2.24) is 5.32 Å². The molecule has 0 radical (unpaired) electrons. The van der Waals surface area contributed by atoms with Crippen molar-refractivity contribution < 1.29 is 9.90 Å². The fourth-order valence-electron chi connectivity index (χ4n) is 0.604. The fourth-order valence-corrected chi connectivity index (χ4v) is 0.604. The van der Waals surface area contributed by atoms with Crippen LogP contribution in [0.25, 0.3) is 0 Å². The summed E-state index contributed by atoms with van der Waals surface area (Å²) < 4.78 is 0. The SMILES string of the molecule is C\C=C/C=C\C(=C/C)NC(=O)O. The molecular weight excluding hydrogens is 154 g/mol. The lowest BCUT2D eigenvalue weighted by atomic mass is 10.3. The molecule has 12 heavy (non-hydrogen) atoms. The van der Waals surface area contributed by atoms with Crippen LogP contribution < -0.4 is 5.32 Å². The molecule has 0 saturated heterocycles. The van der Waals surface area contributed by atoms with E-state index >= 15 is 0 Å². The molecule has 0 fully saturated rings. The molecule has 0 aromatic carbocycles. The van der Waals surface area contributed by atoms with Crippen LogP contribution in [0, 0.1) is 0 Å². The Morgan fingerprint density at radius 1 is 1.33 bits per heavy atom. The van der Waals surface area contributed by atoms with Gasteiger partial charge in [-0.3, -0.25) is 5.32 Å². The second-order valence-corrected chi connectivity index (χ2v) is 2.06. The first-order valence-electron chi connectivity index (χ1n) is 3.66. The van der Waals surface area contributed by atoms with E-state index in [1.807, 2.05) is 19.1 Å². The smallest absolute Gasteiger partial charge is 0.409 e. The highest BCUT2D eigenvalue weighted by Crippen LogP contribution is 1.91. The predicted octanol–water partition coefficient (Wildman–Crippen LogP) is 2.29. The molecule has 0 bridgehead atoms. The van der Waals surface area contributed by atoms with Gasteiger partial charge in [0.2, 0.25) is 0 Å². The summed E-state index contributed by atoms with van der Waals surface area (Å²) in [6.45, 7) is 3.66. The summed E-state index contributed by atoms with van der Waals surface area (Å²) in [6.07, 6.45) is 7.79. The molecule has 3 nitrogen and oxygen atoms in total. The summed E-state index contributed by atoms with van der Waals surface area (Å²) in [6, 6.07) is 0. The standard InChI is InChI=1S/C9H13NO2/c1-3-5-6-7-8(4-2)10-9(11)12/h3-7,10H,1-2H3,(H,11,12)/b5-3-,7-6-,8-4+. The second-order valence-electron chi connectivity index (χ2n) is 2.06. The zero-order valence-corrected chi connectivity index (χ0v) is 7.24. The van der Waals surface area contributed by atoms with Gasteiger partial charge in [0.05, 0.1) is 0 Å². The molecule has 66 valence electrons. The molecule has 0 spiro atoms. The van der Waals surface area contributed by atoms with Crippen LogP contribution in [0.15, 0.2) is 36.1 Å². The molecule has 0 aliphatic heterocycles. The van der Waals surface area contributed by atoms with E-state index in [-0.39, 0.29) is 0 Å². The van der Waals surface area contributed by atoms with Crippen LogP contribution in [0.5, 0.6) is 0 Å². The number of hydrogen-bond donors (Lipinski definition) is 2. The maximum Gasteiger partial charge on any atom is 0.409 e. The van der Waals surface area contributed by atoms with E-state index in [0.29, 0.717) is 5.70 Å². The number of carboxylic acid groups (broad SMARTS) is 1. The van der Waals surface area contributed by atoms with Crippen LogP contribution in [0.1, 0.15) is 13.8 Å². The van der Waals surface area contributed by atoms with Gasteiger partial charge in [-0.2, -0.15) is 0 Å². The lowest BCUT2D eigenvalue weighted by Crippen LogP contribution is -2.18.